The van der Waals surface area contributed by atoms with Crippen molar-refractivity contribution in [3.05, 3.63) is 82.4 Å². The Bertz CT molecular complexity index is 1550. The highest BCUT2D eigenvalue weighted by molar-refractivity contribution is 6.10. The number of ketones is 1. The van der Waals surface area contributed by atoms with Gasteiger partial charge in [-0.15, -0.1) is 0 Å². The summed E-state index contributed by atoms with van der Waals surface area (Å²) in [6, 6.07) is 16.4. The molecule has 3 aromatic carbocycles. The van der Waals surface area contributed by atoms with E-state index in [9.17, 15) is 19.5 Å². The van der Waals surface area contributed by atoms with Gasteiger partial charge in [0.2, 0.25) is 11.8 Å². The number of anilines is 2. The number of carbonyl (C=O) groups excluding carboxylic acids is 3. The van der Waals surface area contributed by atoms with Gasteiger partial charge in [-0.1, -0.05) is 43.7 Å². The Morgan fingerprint density at radius 1 is 0.909 bits per heavy atom. The number of hydrogen-bond acceptors (Lipinski definition) is 6. The Balaban J connectivity index is 1.83. The normalized spacial score (nSPS) is 21.5. The molecule has 234 valence electrons. The third-order valence-electron chi connectivity index (χ3n) is 8.89. The SMILES string of the molecule is CCCCOc1ccc(C2C(C(=O)Nc3cccc(C)c3C)C(=O)CC(C)(O)C2C(=O)Nc2cccc(C)c2C)cc1OC. The fourth-order valence-electron chi connectivity index (χ4n) is 6.02. The van der Waals surface area contributed by atoms with Gasteiger partial charge in [0.05, 0.1) is 25.2 Å². The number of ether oxygens (including phenoxy) is 2. The van der Waals surface area contributed by atoms with Gasteiger partial charge in [0.25, 0.3) is 0 Å². The Morgan fingerprint density at radius 2 is 1.50 bits per heavy atom. The lowest BCUT2D eigenvalue weighted by Gasteiger charge is -2.44. The predicted molar refractivity (Wildman–Crippen MR) is 172 cm³/mol. The largest absolute Gasteiger partial charge is 0.493 e. The summed E-state index contributed by atoms with van der Waals surface area (Å²) in [6.45, 7) is 11.8. The van der Waals surface area contributed by atoms with Crippen LogP contribution < -0.4 is 20.1 Å². The fraction of sp³-hybridized carbons (Fsp3) is 0.417. The first kappa shape index (κ1) is 32.7. The van der Waals surface area contributed by atoms with E-state index in [1.165, 1.54) is 14.0 Å². The maximum Gasteiger partial charge on any atom is 0.235 e. The van der Waals surface area contributed by atoms with E-state index in [0.29, 0.717) is 35.0 Å². The van der Waals surface area contributed by atoms with Gasteiger partial charge in [-0.3, -0.25) is 14.4 Å². The molecule has 4 rings (SSSR count). The van der Waals surface area contributed by atoms with Gasteiger partial charge in [-0.2, -0.15) is 0 Å². The molecule has 1 saturated carbocycles. The molecule has 3 aromatic rings. The van der Waals surface area contributed by atoms with E-state index in [2.05, 4.69) is 17.6 Å². The molecule has 2 amide bonds. The number of unbranched alkanes of at least 4 members (excludes halogenated alkanes) is 1. The van der Waals surface area contributed by atoms with Crippen molar-refractivity contribution >= 4 is 29.0 Å². The molecule has 8 nitrogen and oxygen atoms in total. The number of hydrogen-bond donors (Lipinski definition) is 3. The Labute approximate surface area is 260 Å². The lowest BCUT2D eigenvalue weighted by atomic mass is 9.61. The first-order chi connectivity index (χ1) is 20.9. The van der Waals surface area contributed by atoms with Crippen molar-refractivity contribution in [2.45, 2.75) is 72.3 Å². The first-order valence-corrected chi connectivity index (χ1v) is 15.2. The number of Topliss-reactive ketones (excluding diaryl/α,β-unsaturated/α-hetero) is 1. The molecular weight excluding hydrogens is 556 g/mol. The topological polar surface area (TPSA) is 114 Å². The molecule has 1 aliphatic carbocycles. The van der Waals surface area contributed by atoms with Gasteiger partial charge in [-0.25, -0.2) is 0 Å². The first-order valence-electron chi connectivity index (χ1n) is 15.2. The smallest absolute Gasteiger partial charge is 0.235 e. The van der Waals surface area contributed by atoms with Crippen molar-refractivity contribution < 1.29 is 29.0 Å². The molecule has 4 unspecified atom stereocenters. The maximum atomic E-state index is 14.2. The Morgan fingerprint density at radius 3 is 2.07 bits per heavy atom. The van der Waals surface area contributed by atoms with E-state index >= 15 is 0 Å². The minimum absolute atomic E-state index is 0.353. The van der Waals surface area contributed by atoms with E-state index in [-0.39, 0.29) is 6.42 Å². The lowest BCUT2D eigenvalue weighted by Crippen LogP contribution is -2.56. The monoisotopic (exact) mass is 600 g/mol. The standard InChI is InChI=1S/C36H44N2O6/c1-8-9-18-44-29-17-16-25(19-30(29)43-7)31-32(34(40)37-26-14-10-12-21(2)23(26)4)28(39)20-36(6,42)33(31)35(41)38-27-15-11-13-22(3)24(27)5/h10-17,19,31-33,42H,8-9,18,20H2,1-7H3,(H,37,40)(H,38,41). The van der Waals surface area contributed by atoms with E-state index in [1.807, 2.05) is 52.0 Å². The highest BCUT2D eigenvalue weighted by atomic mass is 16.5. The average Bonchev–Trinajstić information content (AvgIpc) is 2.97. The van der Waals surface area contributed by atoms with Crippen LogP contribution in [0.5, 0.6) is 11.5 Å². The quantitative estimate of drug-likeness (QED) is 0.183. The Kier molecular flexibility index (Phi) is 10.1. The van der Waals surface area contributed by atoms with Crippen molar-refractivity contribution in [2.24, 2.45) is 11.8 Å². The van der Waals surface area contributed by atoms with Gasteiger partial charge in [0, 0.05) is 23.7 Å². The van der Waals surface area contributed by atoms with Crippen molar-refractivity contribution in [1.29, 1.82) is 0 Å². The number of aryl methyl sites for hydroxylation is 2. The highest BCUT2D eigenvalue weighted by Gasteiger charge is 2.56. The van der Waals surface area contributed by atoms with Crippen LogP contribution in [-0.2, 0) is 14.4 Å². The molecule has 0 heterocycles. The zero-order chi connectivity index (χ0) is 32.2. The summed E-state index contributed by atoms with van der Waals surface area (Å²) in [6.07, 6.45) is 1.48. The summed E-state index contributed by atoms with van der Waals surface area (Å²) in [7, 11) is 1.52. The summed E-state index contributed by atoms with van der Waals surface area (Å²) in [4.78, 5) is 42.0. The summed E-state index contributed by atoms with van der Waals surface area (Å²) in [5, 5.41) is 17.7. The zero-order valence-electron chi connectivity index (χ0n) is 26.7. The minimum Gasteiger partial charge on any atom is -0.493 e. The molecular formula is C36H44N2O6. The summed E-state index contributed by atoms with van der Waals surface area (Å²) >= 11 is 0. The number of carbonyl (C=O) groups is 3. The molecule has 8 heteroatoms. The van der Waals surface area contributed by atoms with Crippen LogP contribution in [0.25, 0.3) is 0 Å². The van der Waals surface area contributed by atoms with Crippen molar-refractivity contribution in [1.82, 2.24) is 0 Å². The molecule has 1 aliphatic rings. The molecule has 44 heavy (non-hydrogen) atoms. The summed E-state index contributed by atoms with van der Waals surface area (Å²) < 4.78 is 11.6. The number of aliphatic hydroxyl groups is 1. The molecule has 0 aromatic heterocycles. The molecule has 0 spiro atoms. The molecule has 1 fully saturated rings. The van der Waals surface area contributed by atoms with Crippen LogP contribution in [0.15, 0.2) is 54.6 Å². The summed E-state index contributed by atoms with van der Waals surface area (Å²) in [5.41, 5.74) is 3.74. The molecule has 0 radical (unpaired) electrons. The molecule has 3 N–H and O–H groups in total. The highest BCUT2D eigenvalue weighted by Crippen LogP contribution is 2.48. The lowest BCUT2D eigenvalue weighted by molar-refractivity contribution is -0.150. The maximum absolute atomic E-state index is 14.2. The second-order valence-electron chi connectivity index (χ2n) is 12.1. The van der Waals surface area contributed by atoms with Crippen LogP contribution in [0.4, 0.5) is 11.4 Å². The van der Waals surface area contributed by atoms with Gasteiger partial charge in [0.15, 0.2) is 11.5 Å². The van der Waals surface area contributed by atoms with Crippen LogP contribution in [0.2, 0.25) is 0 Å². The van der Waals surface area contributed by atoms with Crippen molar-refractivity contribution in [3.63, 3.8) is 0 Å². The second-order valence-corrected chi connectivity index (χ2v) is 12.1. The van der Waals surface area contributed by atoms with E-state index in [0.717, 1.165) is 35.1 Å². The van der Waals surface area contributed by atoms with Crippen molar-refractivity contribution in [2.75, 3.05) is 24.4 Å². The third kappa shape index (κ3) is 6.81. The van der Waals surface area contributed by atoms with Crippen LogP contribution in [0, 0.1) is 39.5 Å². The third-order valence-corrected chi connectivity index (χ3v) is 8.89. The molecule has 0 aliphatic heterocycles. The van der Waals surface area contributed by atoms with Crippen LogP contribution in [0.1, 0.15) is 66.8 Å². The van der Waals surface area contributed by atoms with Gasteiger partial charge < -0.3 is 25.2 Å². The van der Waals surface area contributed by atoms with E-state index in [4.69, 9.17) is 9.47 Å². The Hall–Kier alpha value is -4.17. The van der Waals surface area contributed by atoms with Gasteiger partial charge in [0.1, 0.15) is 11.7 Å². The summed E-state index contributed by atoms with van der Waals surface area (Å²) in [5.74, 6) is -3.91. The number of methoxy groups -OCH3 is 1. The van der Waals surface area contributed by atoms with E-state index in [1.54, 1.807) is 30.3 Å². The fourth-order valence-corrected chi connectivity index (χ4v) is 6.02. The minimum atomic E-state index is -1.73. The number of rotatable bonds is 10. The average molecular weight is 601 g/mol. The van der Waals surface area contributed by atoms with Crippen LogP contribution in [-0.4, -0.2) is 42.0 Å². The van der Waals surface area contributed by atoms with E-state index < -0.39 is 41.0 Å². The number of nitrogens with one attached hydrogen (secondary N) is 2. The number of benzene rings is 3. The zero-order valence-corrected chi connectivity index (χ0v) is 26.7. The molecule has 4 atom stereocenters. The molecule has 0 saturated heterocycles. The van der Waals surface area contributed by atoms with Gasteiger partial charge in [-0.05, 0) is 93.1 Å². The predicted octanol–water partition coefficient (Wildman–Crippen LogP) is 6.42. The molecule has 0 bridgehead atoms. The van der Waals surface area contributed by atoms with Gasteiger partial charge >= 0.3 is 0 Å². The second kappa shape index (κ2) is 13.6. The van der Waals surface area contributed by atoms with Crippen molar-refractivity contribution in [3.8, 4) is 11.5 Å². The van der Waals surface area contributed by atoms with Crippen LogP contribution >= 0.6 is 0 Å². The van der Waals surface area contributed by atoms with Crippen LogP contribution in [0.3, 0.4) is 0 Å². The number of amides is 2.